The van der Waals surface area contributed by atoms with Crippen molar-refractivity contribution < 1.29 is 28.6 Å². The Hall–Kier alpha value is -2.63. The highest BCUT2D eigenvalue weighted by molar-refractivity contribution is 5.71. The topological polar surface area (TPSA) is 78.9 Å². The second kappa shape index (κ2) is 51.0. The Balaban J connectivity index is 4.15. The summed E-state index contributed by atoms with van der Waals surface area (Å²) < 4.78 is 16.7. The normalized spacial score (nSPS) is 12.4. The molecule has 6 heteroatoms. The number of unbranched alkanes of at least 4 members (excludes halogenated alkanes) is 29. The summed E-state index contributed by atoms with van der Waals surface area (Å²) in [6, 6.07) is 0. The minimum absolute atomic E-state index is 0.0779. The van der Waals surface area contributed by atoms with Crippen LogP contribution in [0.15, 0.2) is 48.6 Å². The molecule has 0 aromatic carbocycles. The lowest BCUT2D eigenvalue weighted by molar-refractivity contribution is -0.167. The van der Waals surface area contributed by atoms with E-state index in [2.05, 4.69) is 69.4 Å². The summed E-state index contributed by atoms with van der Waals surface area (Å²) in [6.07, 6.45) is 61.3. The Morgan fingerprint density at radius 2 is 0.581 bits per heavy atom. The van der Waals surface area contributed by atoms with Crippen LogP contribution < -0.4 is 0 Å². The van der Waals surface area contributed by atoms with Gasteiger partial charge in [0.2, 0.25) is 0 Å². The molecule has 0 amide bonds. The third-order valence-electron chi connectivity index (χ3n) is 11.6. The molecule has 0 N–H and O–H groups in total. The van der Waals surface area contributed by atoms with Gasteiger partial charge in [0.05, 0.1) is 0 Å². The maximum Gasteiger partial charge on any atom is 0.306 e. The molecule has 6 nitrogen and oxygen atoms in total. The zero-order valence-electron chi connectivity index (χ0n) is 41.1. The van der Waals surface area contributed by atoms with E-state index in [-0.39, 0.29) is 31.1 Å². The van der Waals surface area contributed by atoms with Crippen molar-refractivity contribution in [3.63, 3.8) is 0 Å². The van der Waals surface area contributed by atoms with Crippen LogP contribution in [0.25, 0.3) is 0 Å². The van der Waals surface area contributed by atoms with Gasteiger partial charge in [-0.25, -0.2) is 0 Å². The number of esters is 3. The lowest BCUT2D eigenvalue weighted by Crippen LogP contribution is -2.30. The molecular weight excluding hydrogens is 769 g/mol. The number of carbonyl (C=O) groups is 3. The molecule has 0 aliphatic carbocycles. The van der Waals surface area contributed by atoms with Crippen molar-refractivity contribution in [2.75, 3.05) is 13.2 Å². The molecule has 0 saturated heterocycles. The molecule has 0 bridgehead atoms. The van der Waals surface area contributed by atoms with Crippen molar-refractivity contribution in [3.05, 3.63) is 48.6 Å². The standard InChI is InChI=1S/C56H100O6/c1-4-7-10-13-15-17-19-21-23-25-27-28-29-31-32-34-36-38-40-43-46-49-55(58)61-52-53(51-60-54(57)48-45-42-12-9-6-3)62-56(59)50-47-44-41-39-37-35-33-30-26-24-22-20-18-16-14-11-8-5-2/h18-21,24-27,53H,4-17,22-23,28-52H2,1-3H3/b20-18-,21-19-,26-24-,27-25-. The van der Waals surface area contributed by atoms with Crippen LogP contribution in [0.1, 0.15) is 271 Å². The first-order valence-corrected chi connectivity index (χ1v) is 26.6. The van der Waals surface area contributed by atoms with Crippen LogP contribution in [-0.2, 0) is 28.6 Å². The fraction of sp³-hybridized carbons (Fsp3) is 0.804. The van der Waals surface area contributed by atoms with Gasteiger partial charge in [0.15, 0.2) is 6.10 Å². The third kappa shape index (κ3) is 48.4. The molecule has 360 valence electrons. The van der Waals surface area contributed by atoms with Crippen LogP contribution in [0.4, 0.5) is 0 Å². The summed E-state index contributed by atoms with van der Waals surface area (Å²) in [5.74, 6) is -0.897. The predicted molar refractivity (Wildman–Crippen MR) is 265 cm³/mol. The highest BCUT2D eigenvalue weighted by atomic mass is 16.6. The van der Waals surface area contributed by atoms with E-state index in [1.807, 2.05) is 0 Å². The van der Waals surface area contributed by atoms with Gasteiger partial charge < -0.3 is 14.2 Å². The number of carbonyl (C=O) groups excluding carboxylic acids is 3. The highest BCUT2D eigenvalue weighted by Crippen LogP contribution is 2.15. The van der Waals surface area contributed by atoms with Gasteiger partial charge in [0.1, 0.15) is 13.2 Å². The molecular formula is C56H100O6. The van der Waals surface area contributed by atoms with E-state index >= 15 is 0 Å². The number of hydrogen-bond acceptors (Lipinski definition) is 6. The molecule has 0 rings (SSSR count). The Kier molecular flexibility index (Phi) is 48.8. The van der Waals surface area contributed by atoms with Gasteiger partial charge in [-0.05, 0) is 83.5 Å². The summed E-state index contributed by atoms with van der Waals surface area (Å²) in [4.78, 5) is 37.7. The highest BCUT2D eigenvalue weighted by Gasteiger charge is 2.19. The van der Waals surface area contributed by atoms with Crippen molar-refractivity contribution in [1.82, 2.24) is 0 Å². The Morgan fingerprint density at radius 3 is 0.903 bits per heavy atom. The van der Waals surface area contributed by atoms with E-state index in [9.17, 15) is 14.4 Å². The molecule has 0 saturated carbocycles. The van der Waals surface area contributed by atoms with Gasteiger partial charge in [0, 0.05) is 19.3 Å². The van der Waals surface area contributed by atoms with E-state index in [4.69, 9.17) is 14.2 Å². The second-order valence-electron chi connectivity index (χ2n) is 17.8. The minimum Gasteiger partial charge on any atom is -0.462 e. The van der Waals surface area contributed by atoms with Crippen molar-refractivity contribution >= 4 is 17.9 Å². The van der Waals surface area contributed by atoms with Crippen LogP contribution in [0.2, 0.25) is 0 Å². The Morgan fingerprint density at radius 1 is 0.323 bits per heavy atom. The second-order valence-corrected chi connectivity index (χ2v) is 17.8. The average molecular weight is 869 g/mol. The molecule has 0 aliphatic rings. The van der Waals surface area contributed by atoms with Crippen molar-refractivity contribution in [3.8, 4) is 0 Å². The maximum atomic E-state index is 12.7. The van der Waals surface area contributed by atoms with Gasteiger partial charge in [-0.15, -0.1) is 0 Å². The first kappa shape index (κ1) is 59.4. The van der Waals surface area contributed by atoms with Crippen LogP contribution in [-0.4, -0.2) is 37.2 Å². The minimum atomic E-state index is -0.774. The van der Waals surface area contributed by atoms with E-state index in [1.165, 1.54) is 148 Å². The molecule has 0 aromatic rings. The van der Waals surface area contributed by atoms with E-state index in [0.29, 0.717) is 19.3 Å². The molecule has 0 radical (unpaired) electrons. The van der Waals surface area contributed by atoms with Gasteiger partial charge in [-0.2, -0.15) is 0 Å². The molecule has 0 heterocycles. The molecule has 1 unspecified atom stereocenters. The van der Waals surface area contributed by atoms with Crippen molar-refractivity contribution in [2.24, 2.45) is 0 Å². The number of ether oxygens (including phenoxy) is 3. The smallest absolute Gasteiger partial charge is 0.306 e. The summed E-state index contributed by atoms with van der Waals surface area (Å²) in [7, 11) is 0. The largest absolute Gasteiger partial charge is 0.462 e. The maximum absolute atomic E-state index is 12.7. The molecule has 0 spiro atoms. The third-order valence-corrected chi connectivity index (χ3v) is 11.6. The van der Waals surface area contributed by atoms with E-state index in [0.717, 1.165) is 83.5 Å². The van der Waals surface area contributed by atoms with Gasteiger partial charge >= 0.3 is 17.9 Å². The number of allylic oxidation sites excluding steroid dienone is 8. The van der Waals surface area contributed by atoms with Crippen LogP contribution >= 0.6 is 0 Å². The Bertz CT molecular complexity index is 1090. The number of hydrogen-bond donors (Lipinski definition) is 0. The summed E-state index contributed by atoms with van der Waals surface area (Å²) in [5.41, 5.74) is 0. The molecule has 0 fully saturated rings. The van der Waals surface area contributed by atoms with Crippen molar-refractivity contribution in [2.45, 2.75) is 277 Å². The van der Waals surface area contributed by atoms with Gasteiger partial charge in [-0.1, -0.05) is 217 Å². The quantitative estimate of drug-likeness (QED) is 0.0262. The van der Waals surface area contributed by atoms with Gasteiger partial charge in [-0.3, -0.25) is 14.4 Å². The van der Waals surface area contributed by atoms with Crippen LogP contribution in [0.5, 0.6) is 0 Å². The summed E-state index contributed by atoms with van der Waals surface area (Å²) >= 11 is 0. The molecule has 0 aliphatic heterocycles. The average Bonchev–Trinajstić information content (AvgIpc) is 3.27. The lowest BCUT2D eigenvalue weighted by atomic mass is 10.1. The predicted octanol–water partition coefficient (Wildman–Crippen LogP) is 17.5. The Labute approximate surface area is 384 Å². The first-order valence-electron chi connectivity index (χ1n) is 26.6. The lowest BCUT2D eigenvalue weighted by Gasteiger charge is -2.18. The van der Waals surface area contributed by atoms with E-state index in [1.54, 1.807) is 0 Å². The monoisotopic (exact) mass is 869 g/mol. The van der Waals surface area contributed by atoms with E-state index < -0.39 is 6.10 Å². The van der Waals surface area contributed by atoms with Crippen LogP contribution in [0.3, 0.4) is 0 Å². The summed E-state index contributed by atoms with van der Waals surface area (Å²) in [6.45, 7) is 6.53. The van der Waals surface area contributed by atoms with Crippen molar-refractivity contribution in [1.29, 1.82) is 0 Å². The zero-order valence-corrected chi connectivity index (χ0v) is 41.1. The summed E-state index contributed by atoms with van der Waals surface area (Å²) in [5, 5.41) is 0. The van der Waals surface area contributed by atoms with Crippen LogP contribution in [0, 0.1) is 0 Å². The SMILES string of the molecule is CCCCCC/C=C\C/C=C\CCCCCCCCCC(=O)OC(COC(=O)CCCCCCC)COC(=O)CCCCCCCCCCC/C=C\C/C=C\CCCCCCC. The zero-order chi connectivity index (χ0) is 45.1. The fourth-order valence-electron chi connectivity index (χ4n) is 7.50. The fourth-order valence-corrected chi connectivity index (χ4v) is 7.50. The molecule has 62 heavy (non-hydrogen) atoms. The van der Waals surface area contributed by atoms with Gasteiger partial charge in [0.25, 0.3) is 0 Å². The number of rotatable bonds is 48. The molecule has 0 aromatic heterocycles. The molecule has 1 atom stereocenters. The first-order chi connectivity index (χ1) is 30.5.